The molecule has 4 nitrogen and oxygen atoms in total. The smallest absolute Gasteiger partial charge is 0.410 e. The van der Waals surface area contributed by atoms with Gasteiger partial charge in [0.05, 0.1) is 12.1 Å². The number of aliphatic hydroxyl groups is 1. The average molecular weight is 279 g/mol. The number of hydrogen-bond acceptors (Lipinski definition) is 3. The van der Waals surface area contributed by atoms with Crippen LogP contribution in [0.15, 0.2) is 30.3 Å². The number of halogens is 1. The third-order valence-corrected chi connectivity index (χ3v) is 4.08. The number of benzene rings is 1. The zero-order valence-electron chi connectivity index (χ0n) is 11.1. The SMILES string of the molecule is O=C(OCc1ccccc1)N1CCC(O)CC2[C@H](F)[C@H]21. The summed E-state index contributed by atoms with van der Waals surface area (Å²) < 4.78 is 18.9. The molecule has 1 aliphatic heterocycles. The Bertz CT molecular complexity index is 481. The highest BCUT2D eigenvalue weighted by atomic mass is 19.1. The van der Waals surface area contributed by atoms with Crippen molar-refractivity contribution in [3.05, 3.63) is 35.9 Å². The first-order valence-corrected chi connectivity index (χ1v) is 6.96. The van der Waals surface area contributed by atoms with Crippen LogP contribution >= 0.6 is 0 Å². The van der Waals surface area contributed by atoms with Crippen LogP contribution in [0.2, 0.25) is 0 Å². The number of fused-ring (bicyclic) bond motifs is 1. The van der Waals surface area contributed by atoms with E-state index in [2.05, 4.69) is 0 Å². The second-order valence-corrected chi connectivity index (χ2v) is 5.51. The van der Waals surface area contributed by atoms with Gasteiger partial charge in [-0.25, -0.2) is 9.18 Å². The van der Waals surface area contributed by atoms with Crippen molar-refractivity contribution in [3.63, 3.8) is 0 Å². The number of nitrogens with zero attached hydrogens (tertiary/aromatic N) is 1. The van der Waals surface area contributed by atoms with Crippen LogP contribution in [0.1, 0.15) is 18.4 Å². The molecule has 1 aliphatic carbocycles. The van der Waals surface area contributed by atoms with E-state index in [0.717, 1.165) is 5.56 Å². The van der Waals surface area contributed by atoms with Crippen LogP contribution < -0.4 is 0 Å². The van der Waals surface area contributed by atoms with E-state index in [9.17, 15) is 14.3 Å². The van der Waals surface area contributed by atoms with Gasteiger partial charge in [0.25, 0.3) is 0 Å². The number of rotatable bonds is 2. The van der Waals surface area contributed by atoms with Crippen LogP contribution in [-0.4, -0.2) is 41.0 Å². The first-order valence-electron chi connectivity index (χ1n) is 6.96. The second-order valence-electron chi connectivity index (χ2n) is 5.51. The lowest BCUT2D eigenvalue weighted by molar-refractivity contribution is 0.0850. The first-order chi connectivity index (χ1) is 9.66. The van der Waals surface area contributed by atoms with Crippen molar-refractivity contribution >= 4 is 6.09 Å². The van der Waals surface area contributed by atoms with Gasteiger partial charge >= 0.3 is 6.09 Å². The maximum Gasteiger partial charge on any atom is 0.410 e. The topological polar surface area (TPSA) is 49.8 Å². The van der Waals surface area contributed by atoms with E-state index in [0.29, 0.717) is 19.4 Å². The molecule has 2 unspecified atom stereocenters. The van der Waals surface area contributed by atoms with E-state index in [-0.39, 0.29) is 12.5 Å². The Morgan fingerprint density at radius 1 is 1.40 bits per heavy atom. The van der Waals surface area contributed by atoms with Crippen LogP contribution in [0.25, 0.3) is 0 Å². The number of alkyl halides is 1. The van der Waals surface area contributed by atoms with Gasteiger partial charge in [-0.15, -0.1) is 0 Å². The van der Waals surface area contributed by atoms with Crippen molar-refractivity contribution in [2.24, 2.45) is 5.92 Å². The maximum atomic E-state index is 13.6. The molecular weight excluding hydrogens is 261 g/mol. The Balaban J connectivity index is 1.59. The standard InChI is InChI=1S/C15H18FNO3/c16-13-12-8-11(18)6-7-17(14(12)13)15(19)20-9-10-4-2-1-3-5-10/h1-5,11-14,18H,6-9H2/t11?,12?,13-,14-/m0/s1. The van der Waals surface area contributed by atoms with Gasteiger partial charge in [0.2, 0.25) is 0 Å². The zero-order valence-corrected chi connectivity index (χ0v) is 11.1. The summed E-state index contributed by atoms with van der Waals surface area (Å²) in [5.74, 6) is -0.225. The molecule has 20 heavy (non-hydrogen) atoms. The molecular formula is C15H18FNO3. The Labute approximate surface area is 117 Å². The molecule has 4 atom stereocenters. The van der Waals surface area contributed by atoms with Crippen molar-refractivity contribution in [1.82, 2.24) is 4.90 Å². The molecule has 0 spiro atoms. The zero-order chi connectivity index (χ0) is 14.1. The fourth-order valence-electron chi connectivity index (χ4n) is 2.87. The van der Waals surface area contributed by atoms with E-state index < -0.39 is 24.4 Å². The fraction of sp³-hybridized carbons (Fsp3) is 0.533. The van der Waals surface area contributed by atoms with Crippen molar-refractivity contribution in [3.8, 4) is 0 Å². The summed E-state index contributed by atoms with van der Waals surface area (Å²) in [7, 11) is 0. The Morgan fingerprint density at radius 3 is 2.90 bits per heavy atom. The largest absolute Gasteiger partial charge is 0.445 e. The third kappa shape index (κ3) is 2.63. The lowest BCUT2D eigenvalue weighted by atomic mass is 10.1. The molecule has 1 aromatic rings. The normalized spacial score (nSPS) is 32.2. The van der Waals surface area contributed by atoms with Gasteiger partial charge in [0, 0.05) is 12.5 Å². The molecule has 1 saturated heterocycles. The number of amides is 1. The molecule has 108 valence electrons. The highest BCUT2D eigenvalue weighted by Crippen LogP contribution is 2.45. The minimum atomic E-state index is -1.02. The average Bonchev–Trinajstić information content (AvgIpc) is 3.12. The molecule has 1 saturated carbocycles. The summed E-state index contributed by atoms with van der Waals surface area (Å²) in [5, 5.41) is 9.67. The van der Waals surface area contributed by atoms with Gasteiger partial charge in [0.15, 0.2) is 0 Å². The number of aliphatic hydroxyl groups excluding tert-OH is 1. The minimum Gasteiger partial charge on any atom is -0.445 e. The molecule has 1 amide bonds. The quantitative estimate of drug-likeness (QED) is 0.902. The van der Waals surface area contributed by atoms with Crippen LogP contribution in [0.3, 0.4) is 0 Å². The summed E-state index contributed by atoms with van der Waals surface area (Å²) >= 11 is 0. The van der Waals surface area contributed by atoms with Gasteiger partial charge in [-0.1, -0.05) is 30.3 Å². The molecule has 2 aliphatic rings. The monoisotopic (exact) mass is 279 g/mol. The van der Waals surface area contributed by atoms with Crippen LogP contribution in [0.4, 0.5) is 9.18 Å². The first kappa shape index (κ1) is 13.4. The van der Waals surface area contributed by atoms with Crippen molar-refractivity contribution in [1.29, 1.82) is 0 Å². The predicted octanol–water partition coefficient (Wildman–Crippen LogP) is 2.12. The van der Waals surface area contributed by atoms with Crippen molar-refractivity contribution < 1.29 is 19.0 Å². The minimum absolute atomic E-state index is 0.188. The van der Waals surface area contributed by atoms with E-state index in [1.807, 2.05) is 30.3 Å². The van der Waals surface area contributed by atoms with Gasteiger partial charge in [-0.05, 0) is 18.4 Å². The number of carbonyl (C=O) groups excluding carboxylic acids is 1. The fourth-order valence-corrected chi connectivity index (χ4v) is 2.87. The highest BCUT2D eigenvalue weighted by molar-refractivity contribution is 5.69. The predicted molar refractivity (Wildman–Crippen MR) is 70.7 cm³/mol. The van der Waals surface area contributed by atoms with Crippen LogP contribution in [0.5, 0.6) is 0 Å². The molecule has 0 radical (unpaired) electrons. The maximum absolute atomic E-state index is 13.6. The highest BCUT2D eigenvalue weighted by Gasteiger charge is 2.58. The molecule has 0 bridgehead atoms. The third-order valence-electron chi connectivity index (χ3n) is 4.08. The van der Waals surface area contributed by atoms with E-state index in [4.69, 9.17) is 4.74 Å². The number of likely N-dealkylation sites (tertiary alicyclic amines) is 1. The van der Waals surface area contributed by atoms with Crippen LogP contribution in [-0.2, 0) is 11.3 Å². The molecule has 3 rings (SSSR count). The lowest BCUT2D eigenvalue weighted by Gasteiger charge is -2.21. The van der Waals surface area contributed by atoms with Gasteiger partial charge < -0.3 is 14.7 Å². The second kappa shape index (κ2) is 5.40. The van der Waals surface area contributed by atoms with Gasteiger partial charge in [-0.2, -0.15) is 0 Å². The van der Waals surface area contributed by atoms with Crippen molar-refractivity contribution in [2.75, 3.05) is 6.54 Å². The molecule has 0 aromatic heterocycles. The summed E-state index contributed by atoms with van der Waals surface area (Å²) in [4.78, 5) is 13.5. The summed E-state index contributed by atoms with van der Waals surface area (Å²) in [6.45, 7) is 0.545. The van der Waals surface area contributed by atoms with Gasteiger partial charge in [-0.3, -0.25) is 0 Å². The Morgan fingerprint density at radius 2 is 2.15 bits per heavy atom. The van der Waals surface area contributed by atoms with E-state index in [1.54, 1.807) is 0 Å². The summed E-state index contributed by atoms with van der Waals surface area (Å²) in [5.41, 5.74) is 0.903. The number of hydrogen-bond donors (Lipinski definition) is 1. The lowest BCUT2D eigenvalue weighted by Crippen LogP contribution is -2.36. The Hall–Kier alpha value is -1.62. The van der Waals surface area contributed by atoms with E-state index >= 15 is 0 Å². The van der Waals surface area contributed by atoms with Gasteiger partial charge in [0.1, 0.15) is 12.8 Å². The number of ether oxygens (including phenoxy) is 1. The van der Waals surface area contributed by atoms with Crippen LogP contribution in [0, 0.1) is 5.92 Å². The molecule has 5 heteroatoms. The Kier molecular flexibility index (Phi) is 3.61. The molecule has 1 heterocycles. The summed E-state index contributed by atoms with van der Waals surface area (Å²) in [6, 6.07) is 8.98. The van der Waals surface area contributed by atoms with E-state index in [1.165, 1.54) is 4.90 Å². The van der Waals surface area contributed by atoms with Crippen molar-refractivity contribution in [2.45, 2.75) is 37.8 Å². The molecule has 2 fully saturated rings. The molecule has 1 aromatic carbocycles. The summed E-state index contributed by atoms with van der Waals surface area (Å²) in [6.07, 6.45) is -1.10. The number of carbonyl (C=O) groups is 1. The molecule has 1 N–H and O–H groups in total.